The average molecular weight is 194 g/mol. The molecule has 0 saturated heterocycles. The molecule has 0 fully saturated rings. The smallest absolute Gasteiger partial charge is 0.150 e. The van der Waals surface area contributed by atoms with Crippen LogP contribution in [0.3, 0.4) is 0 Å². The largest absolute Gasteiger partial charge is 0.298 e. The minimum absolute atomic E-state index is 0.763. The van der Waals surface area contributed by atoms with Crippen LogP contribution >= 0.6 is 0 Å². The molecule has 0 radical (unpaired) electrons. The van der Waals surface area contributed by atoms with Gasteiger partial charge in [0.25, 0.3) is 0 Å². The molecular formula is C13H22O. The first kappa shape index (κ1) is 15.4. The molecule has 1 heteroatoms. The maximum absolute atomic E-state index is 10.3. The molecule has 0 N–H and O–H groups in total. The van der Waals surface area contributed by atoms with E-state index in [1.54, 1.807) is 0 Å². The normalized spacial score (nSPS) is 7.50. The van der Waals surface area contributed by atoms with E-state index >= 15 is 0 Å². The molecule has 0 aliphatic carbocycles. The molecule has 0 aliphatic heterocycles. The Morgan fingerprint density at radius 3 is 2.14 bits per heavy atom. The third-order valence-corrected chi connectivity index (χ3v) is 1.50. The fourth-order valence-electron chi connectivity index (χ4n) is 0.886. The molecule has 0 heterocycles. The Morgan fingerprint density at radius 1 is 1.14 bits per heavy atom. The van der Waals surface area contributed by atoms with E-state index in [0.717, 1.165) is 18.3 Å². The first-order valence-electron chi connectivity index (χ1n) is 5.41. The van der Waals surface area contributed by atoms with E-state index in [1.807, 2.05) is 52.0 Å². The van der Waals surface area contributed by atoms with Gasteiger partial charge in [0.2, 0.25) is 0 Å². The highest BCUT2D eigenvalue weighted by Crippen LogP contribution is 2.02. The lowest BCUT2D eigenvalue weighted by Gasteiger charge is -1.94. The fraction of sp³-hybridized carbons (Fsp3) is 0.462. The monoisotopic (exact) mass is 194 g/mol. The SMILES string of the molecule is CC.CC.CCc1cccc(C=O)c1. The molecule has 0 saturated carbocycles. The first-order chi connectivity index (χ1) is 6.86. The minimum atomic E-state index is 0.763. The molecule has 0 bridgehead atoms. The van der Waals surface area contributed by atoms with Gasteiger partial charge in [-0.2, -0.15) is 0 Å². The third kappa shape index (κ3) is 6.41. The van der Waals surface area contributed by atoms with Gasteiger partial charge in [-0.15, -0.1) is 0 Å². The number of aryl methyl sites for hydroxylation is 1. The van der Waals surface area contributed by atoms with E-state index in [4.69, 9.17) is 0 Å². The Kier molecular flexibility index (Phi) is 13.1. The van der Waals surface area contributed by atoms with Crippen LogP contribution in [0.25, 0.3) is 0 Å². The molecule has 80 valence electrons. The van der Waals surface area contributed by atoms with Gasteiger partial charge in [0.1, 0.15) is 6.29 Å². The Balaban J connectivity index is 0. The number of hydrogen-bond donors (Lipinski definition) is 0. The van der Waals surface area contributed by atoms with Crippen LogP contribution in [0.15, 0.2) is 24.3 Å². The number of carbonyl (C=O) groups excluding carboxylic acids is 1. The van der Waals surface area contributed by atoms with E-state index < -0.39 is 0 Å². The highest BCUT2D eigenvalue weighted by atomic mass is 16.1. The van der Waals surface area contributed by atoms with Crippen molar-refractivity contribution >= 4 is 6.29 Å². The van der Waals surface area contributed by atoms with Gasteiger partial charge in [-0.1, -0.05) is 52.8 Å². The summed E-state index contributed by atoms with van der Waals surface area (Å²) in [5.41, 5.74) is 1.98. The summed E-state index contributed by atoms with van der Waals surface area (Å²) in [6.45, 7) is 10.1. The minimum Gasteiger partial charge on any atom is -0.298 e. The fourth-order valence-corrected chi connectivity index (χ4v) is 0.886. The van der Waals surface area contributed by atoms with Crippen LogP contribution in [0.2, 0.25) is 0 Å². The number of carbonyl (C=O) groups is 1. The van der Waals surface area contributed by atoms with Gasteiger partial charge < -0.3 is 0 Å². The lowest BCUT2D eigenvalue weighted by atomic mass is 10.1. The molecule has 1 rings (SSSR count). The molecular weight excluding hydrogens is 172 g/mol. The zero-order valence-corrected chi connectivity index (χ0v) is 10.0. The van der Waals surface area contributed by atoms with Gasteiger partial charge >= 0.3 is 0 Å². The van der Waals surface area contributed by atoms with Crippen LogP contribution in [0, 0.1) is 0 Å². The van der Waals surface area contributed by atoms with Crippen LogP contribution in [0.5, 0.6) is 0 Å². The Morgan fingerprint density at radius 2 is 1.71 bits per heavy atom. The Labute approximate surface area is 88.2 Å². The van der Waals surface area contributed by atoms with Crippen LogP contribution in [-0.4, -0.2) is 6.29 Å². The molecule has 1 aromatic carbocycles. The summed E-state index contributed by atoms with van der Waals surface area (Å²) < 4.78 is 0. The summed E-state index contributed by atoms with van der Waals surface area (Å²) in [4.78, 5) is 10.3. The maximum Gasteiger partial charge on any atom is 0.150 e. The Bertz CT molecular complexity index is 228. The first-order valence-corrected chi connectivity index (χ1v) is 5.41. The van der Waals surface area contributed by atoms with Crippen molar-refractivity contribution in [3.05, 3.63) is 35.4 Å². The summed E-state index contributed by atoms with van der Waals surface area (Å²) in [6, 6.07) is 7.65. The number of aldehydes is 1. The molecule has 14 heavy (non-hydrogen) atoms. The summed E-state index contributed by atoms with van der Waals surface area (Å²) in [7, 11) is 0. The van der Waals surface area contributed by atoms with Crippen molar-refractivity contribution in [2.24, 2.45) is 0 Å². The average Bonchev–Trinajstić information content (AvgIpc) is 2.34. The van der Waals surface area contributed by atoms with Crippen LogP contribution in [-0.2, 0) is 6.42 Å². The summed E-state index contributed by atoms with van der Waals surface area (Å²) >= 11 is 0. The van der Waals surface area contributed by atoms with Crippen LogP contribution < -0.4 is 0 Å². The van der Waals surface area contributed by atoms with Gasteiger partial charge in [-0.05, 0) is 18.1 Å². The molecule has 0 aliphatic rings. The van der Waals surface area contributed by atoms with Gasteiger partial charge in [0.15, 0.2) is 0 Å². The quantitative estimate of drug-likeness (QED) is 0.647. The number of benzene rings is 1. The summed E-state index contributed by atoms with van der Waals surface area (Å²) in [5, 5.41) is 0. The van der Waals surface area contributed by atoms with Gasteiger partial charge in [0, 0.05) is 5.56 Å². The summed E-state index contributed by atoms with van der Waals surface area (Å²) in [6.07, 6.45) is 1.86. The van der Waals surface area contributed by atoms with Crippen LogP contribution in [0.1, 0.15) is 50.5 Å². The zero-order valence-electron chi connectivity index (χ0n) is 10.0. The molecule has 0 spiro atoms. The predicted octanol–water partition coefficient (Wildman–Crippen LogP) is 4.11. The molecule has 1 aromatic rings. The topological polar surface area (TPSA) is 17.1 Å². The van der Waals surface area contributed by atoms with Crippen LogP contribution in [0.4, 0.5) is 0 Å². The van der Waals surface area contributed by atoms with E-state index in [-0.39, 0.29) is 0 Å². The van der Waals surface area contributed by atoms with Crippen molar-refractivity contribution in [3.8, 4) is 0 Å². The standard InChI is InChI=1S/C9H10O.2C2H6/c1-2-8-4-3-5-9(6-8)7-10;2*1-2/h3-7H,2H2,1H3;2*1-2H3. The second-order valence-electron chi connectivity index (χ2n) is 2.22. The predicted molar refractivity (Wildman–Crippen MR) is 63.9 cm³/mol. The molecule has 0 atom stereocenters. The number of hydrogen-bond acceptors (Lipinski definition) is 1. The van der Waals surface area contributed by atoms with Crippen molar-refractivity contribution in [1.29, 1.82) is 0 Å². The van der Waals surface area contributed by atoms with E-state index in [0.29, 0.717) is 0 Å². The van der Waals surface area contributed by atoms with Crippen molar-refractivity contribution < 1.29 is 4.79 Å². The lowest BCUT2D eigenvalue weighted by molar-refractivity contribution is 0.112. The second-order valence-corrected chi connectivity index (χ2v) is 2.22. The van der Waals surface area contributed by atoms with Gasteiger partial charge in [-0.3, -0.25) is 4.79 Å². The highest BCUT2D eigenvalue weighted by molar-refractivity contribution is 5.74. The second kappa shape index (κ2) is 11.9. The highest BCUT2D eigenvalue weighted by Gasteiger charge is 1.89. The third-order valence-electron chi connectivity index (χ3n) is 1.50. The van der Waals surface area contributed by atoms with Crippen molar-refractivity contribution in [1.82, 2.24) is 0 Å². The Hall–Kier alpha value is -1.11. The van der Waals surface area contributed by atoms with Crippen molar-refractivity contribution in [2.45, 2.75) is 41.0 Å². The summed E-state index contributed by atoms with van der Waals surface area (Å²) in [5.74, 6) is 0. The maximum atomic E-state index is 10.3. The van der Waals surface area contributed by atoms with E-state index in [9.17, 15) is 4.79 Å². The van der Waals surface area contributed by atoms with Crippen molar-refractivity contribution in [2.75, 3.05) is 0 Å². The molecule has 0 amide bonds. The molecule has 0 unspecified atom stereocenters. The molecule has 1 nitrogen and oxygen atoms in total. The zero-order chi connectivity index (χ0) is 11.4. The van der Waals surface area contributed by atoms with E-state index in [1.165, 1.54) is 5.56 Å². The lowest BCUT2D eigenvalue weighted by Crippen LogP contribution is -1.82. The van der Waals surface area contributed by atoms with Crippen molar-refractivity contribution in [3.63, 3.8) is 0 Å². The van der Waals surface area contributed by atoms with E-state index in [2.05, 4.69) is 6.92 Å². The van der Waals surface area contributed by atoms with Gasteiger partial charge in [-0.25, -0.2) is 0 Å². The number of rotatable bonds is 2. The van der Waals surface area contributed by atoms with Gasteiger partial charge in [0.05, 0.1) is 0 Å². The molecule has 0 aromatic heterocycles.